The minimum absolute atomic E-state index is 0.0711. The van der Waals surface area contributed by atoms with Gasteiger partial charge in [-0.1, -0.05) is 60.7 Å². The van der Waals surface area contributed by atoms with Gasteiger partial charge in [-0.15, -0.1) is 0 Å². The molecule has 0 bridgehead atoms. The molecule has 1 saturated heterocycles. The molecule has 1 atom stereocenters. The molecule has 3 aromatic carbocycles. The van der Waals surface area contributed by atoms with Crippen LogP contribution >= 0.6 is 0 Å². The maximum Gasteiger partial charge on any atom is 0.410 e. The standard InChI is InChI=1S/C34H41N3O3/c1-24-11-9-15-28(25(24)2)22-37(29-17-18-29)32(38)31-23-35(33(39)40-34(3,4)5)19-20-36(31)30-16-10-14-27(21-30)26-12-7-6-8-13-26/h6-16,21,29,31H,17-20,22-23H2,1-5H3. The number of hydrogen-bond acceptors (Lipinski definition) is 4. The first-order valence-corrected chi connectivity index (χ1v) is 14.4. The molecule has 1 aliphatic carbocycles. The van der Waals surface area contributed by atoms with E-state index in [2.05, 4.69) is 72.2 Å². The van der Waals surface area contributed by atoms with Crippen molar-refractivity contribution in [3.63, 3.8) is 0 Å². The quantitative estimate of drug-likeness (QED) is 0.355. The molecule has 6 heteroatoms. The van der Waals surface area contributed by atoms with Crippen LogP contribution in [0.2, 0.25) is 0 Å². The van der Waals surface area contributed by atoms with Gasteiger partial charge in [0.25, 0.3) is 0 Å². The van der Waals surface area contributed by atoms with Crippen molar-refractivity contribution in [3.8, 4) is 11.1 Å². The first kappa shape index (κ1) is 27.8. The number of piperazine rings is 1. The Labute approximate surface area is 238 Å². The summed E-state index contributed by atoms with van der Waals surface area (Å²) < 4.78 is 5.71. The number of rotatable bonds is 6. The highest BCUT2D eigenvalue weighted by Crippen LogP contribution is 2.33. The van der Waals surface area contributed by atoms with E-state index in [-0.39, 0.29) is 18.0 Å². The molecule has 0 spiro atoms. The van der Waals surface area contributed by atoms with Gasteiger partial charge < -0.3 is 19.4 Å². The van der Waals surface area contributed by atoms with Crippen molar-refractivity contribution >= 4 is 17.7 Å². The normalized spacial score (nSPS) is 17.5. The molecular weight excluding hydrogens is 498 g/mol. The number of amides is 2. The molecule has 3 aromatic rings. The highest BCUT2D eigenvalue weighted by molar-refractivity contribution is 5.88. The number of nitrogens with zero attached hydrogens (tertiary/aromatic N) is 3. The molecule has 0 N–H and O–H groups in total. The molecule has 1 aliphatic heterocycles. The molecule has 1 heterocycles. The number of aryl methyl sites for hydroxylation is 1. The molecule has 1 saturated carbocycles. The zero-order chi connectivity index (χ0) is 28.4. The van der Waals surface area contributed by atoms with Gasteiger partial charge >= 0.3 is 6.09 Å². The summed E-state index contributed by atoms with van der Waals surface area (Å²) >= 11 is 0. The average molecular weight is 540 g/mol. The van der Waals surface area contributed by atoms with Crippen molar-refractivity contribution < 1.29 is 14.3 Å². The van der Waals surface area contributed by atoms with Gasteiger partial charge in [-0.05, 0) is 87.4 Å². The highest BCUT2D eigenvalue weighted by Gasteiger charge is 2.42. The summed E-state index contributed by atoms with van der Waals surface area (Å²) in [4.78, 5) is 33.5. The minimum atomic E-state index is -0.597. The predicted octanol–water partition coefficient (Wildman–Crippen LogP) is 6.59. The number of carbonyl (C=O) groups excluding carboxylic acids is 2. The third kappa shape index (κ3) is 6.33. The number of carbonyl (C=O) groups is 2. The van der Waals surface area contributed by atoms with Crippen LogP contribution in [0.3, 0.4) is 0 Å². The van der Waals surface area contributed by atoms with Crippen LogP contribution in [0.1, 0.15) is 50.3 Å². The molecule has 1 unspecified atom stereocenters. The van der Waals surface area contributed by atoms with E-state index in [1.165, 1.54) is 16.7 Å². The second-order valence-electron chi connectivity index (χ2n) is 12.1. The SMILES string of the molecule is Cc1cccc(CN(C(=O)C2CN(C(=O)OC(C)(C)C)CCN2c2cccc(-c3ccccc3)c2)C2CC2)c1C. The fourth-order valence-electron chi connectivity index (χ4n) is 5.42. The van der Waals surface area contributed by atoms with Crippen LogP contribution in [0.5, 0.6) is 0 Å². The Balaban J connectivity index is 1.47. The topological polar surface area (TPSA) is 53.1 Å². The second-order valence-corrected chi connectivity index (χ2v) is 12.1. The summed E-state index contributed by atoms with van der Waals surface area (Å²) in [5, 5.41) is 0. The maximum absolute atomic E-state index is 14.5. The summed E-state index contributed by atoms with van der Waals surface area (Å²) in [6.45, 7) is 11.8. The molecule has 2 fully saturated rings. The van der Waals surface area contributed by atoms with Crippen LogP contribution in [0, 0.1) is 13.8 Å². The Morgan fingerprint density at radius 2 is 1.60 bits per heavy atom. The molecule has 5 rings (SSSR count). The van der Waals surface area contributed by atoms with E-state index in [0.717, 1.165) is 29.7 Å². The molecule has 2 amide bonds. The highest BCUT2D eigenvalue weighted by atomic mass is 16.6. The van der Waals surface area contributed by atoms with Crippen LogP contribution in [-0.2, 0) is 16.1 Å². The lowest BCUT2D eigenvalue weighted by atomic mass is 10.0. The lowest BCUT2D eigenvalue weighted by Crippen LogP contribution is -2.61. The number of anilines is 1. The lowest BCUT2D eigenvalue weighted by Gasteiger charge is -2.44. The maximum atomic E-state index is 14.5. The van der Waals surface area contributed by atoms with Gasteiger partial charge in [0, 0.05) is 31.4 Å². The molecule has 6 nitrogen and oxygen atoms in total. The van der Waals surface area contributed by atoms with Gasteiger partial charge in [-0.2, -0.15) is 0 Å². The Kier molecular flexibility index (Phi) is 7.88. The van der Waals surface area contributed by atoms with Gasteiger partial charge in [-0.3, -0.25) is 4.79 Å². The predicted molar refractivity (Wildman–Crippen MR) is 160 cm³/mol. The Morgan fingerprint density at radius 1 is 0.900 bits per heavy atom. The van der Waals surface area contributed by atoms with Crippen molar-refractivity contribution in [3.05, 3.63) is 89.5 Å². The summed E-state index contributed by atoms with van der Waals surface area (Å²) in [7, 11) is 0. The average Bonchev–Trinajstić information content (AvgIpc) is 3.78. The van der Waals surface area contributed by atoms with Crippen molar-refractivity contribution in [2.45, 2.75) is 71.7 Å². The smallest absolute Gasteiger partial charge is 0.410 e. The summed E-state index contributed by atoms with van der Waals surface area (Å²) in [6, 6.07) is 24.7. The first-order chi connectivity index (χ1) is 19.1. The Bertz CT molecular complexity index is 1360. The first-order valence-electron chi connectivity index (χ1n) is 14.4. The molecule has 40 heavy (non-hydrogen) atoms. The lowest BCUT2D eigenvalue weighted by molar-refractivity contribution is -0.134. The van der Waals surface area contributed by atoms with Crippen molar-refractivity contribution in [2.24, 2.45) is 0 Å². The van der Waals surface area contributed by atoms with Gasteiger partial charge in [0.2, 0.25) is 5.91 Å². The summed E-state index contributed by atoms with van der Waals surface area (Å²) in [6.07, 6.45) is 1.67. The third-order valence-electron chi connectivity index (χ3n) is 7.93. The summed E-state index contributed by atoms with van der Waals surface area (Å²) in [5.41, 5.74) is 6.27. The number of benzene rings is 3. The zero-order valence-electron chi connectivity index (χ0n) is 24.4. The summed E-state index contributed by atoms with van der Waals surface area (Å²) in [5.74, 6) is 0.0711. The minimum Gasteiger partial charge on any atom is -0.444 e. The van der Waals surface area contributed by atoms with Gasteiger partial charge in [-0.25, -0.2) is 4.79 Å². The Morgan fingerprint density at radius 3 is 2.30 bits per heavy atom. The molecule has 0 aromatic heterocycles. The molecule has 2 aliphatic rings. The van der Waals surface area contributed by atoms with Crippen molar-refractivity contribution in [1.82, 2.24) is 9.80 Å². The van der Waals surface area contributed by atoms with E-state index in [4.69, 9.17) is 4.74 Å². The number of ether oxygens (including phenoxy) is 1. The second kappa shape index (κ2) is 11.4. The van der Waals surface area contributed by atoms with Crippen LogP contribution in [0.25, 0.3) is 11.1 Å². The largest absolute Gasteiger partial charge is 0.444 e. The number of hydrogen-bond donors (Lipinski definition) is 0. The fourth-order valence-corrected chi connectivity index (χ4v) is 5.42. The molecule has 210 valence electrons. The van der Waals surface area contributed by atoms with E-state index in [1.54, 1.807) is 4.90 Å². The molecule has 0 radical (unpaired) electrons. The van der Waals surface area contributed by atoms with Crippen molar-refractivity contribution in [1.29, 1.82) is 0 Å². The van der Waals surface area contributed by atoms with Gasteiger partial charge in [0.05, 0.1) is 6.54 Å². The monoisotopic (exact) mass is 539 g/mol. The Hall–Kier alpha value is -3.80. The van der Waals surface area contributed by atoms with Crippen molar-refractivity contribution in [2.75, 3.05) is 24.5 Å². The van der Waals surface area contributed by atoms with E-state index in [1.807, 2.05) is 45.0 Å². The van der Waals surface area contributed by atoms with E-state index in [0.29, 0.717) is 26.2 Å². The van der Waals surface area contributed by atoms with Crippen LogP contribution in [0.4, 0.5) is 10.5 Å². The van der Waals surface area contributed by atoms with Gasteiger partial charge in [0.15, 0.2) is 0 Å². The van der Waals surface area contributed by atoms with Crippen LogP contribution in [-0.4, -0.2) is 59.1 Å². The van der Waals surface area contributed by atoms with E-state index >= 15 is 0 Å². The van der Waals surface area contributed by atoms with Gasteiger partial charge in [0.1, 0.15) is 11.6 Å². The van der Waals surface area contributed by atoms with Crippen LogP contribution in [0.15, 0.2) is 72.8 Å². The van der Waals surface area contributed by atoms with E-state index in [9.17, 15) is 9.59 Å². The van der Waals surface area contributed by atoms with E-state index < -0.39 is 11.6 Å². The van der Waals surface area contributed by atoms with Crippen LogP contribution < -0.4 is 4.90 Å². The fraction of sp³-hybridized carbons (Fsp3) is 0.412. The molecular formula is C34H41N3O3. The zero-order valence-corrected chi connectivity index (χ0v) is 24.4. The third-order valence-corrected chi connectivity index (χ3v) is 7.93.